The van der Waals surface area contributed by atoms with Crippen LogP contribution in [0.15, 0.2) is 6.07 Å². The lowest BCUT2D eigenvalue weighted by molar-refractivity contribution is -0.153. The predicted octanol–water partition coefficient (Wildman–Crippen LogP) is 3.04. The number of nitrogens with zero attached hydrogens (tertiary/aromatic N) is 1. The van der Waals surface area contributed by atoms with Crippen LogP contribution in [0.25, 0.3) is 0 Å². The zero-order valence-corrected chi connectivity index (χ0v) is 14.6. The first kappa shape index (κ1) is 17.7. The highest BCUT2D eigenvalue weighted by Crippen LogP contribution is 2.25. The Morgan fingerprint density at radius 3 is 2.57 bits per heavy atom. The van der Waals surface area contributed by atoms with Crippen LogP contribution in [0.1, 0.15) is 52.7 Å². The zero-order chi connectivity index (χ0) is 17.1. The fourth-order valence-corrected chi connectivity index (χ4v) is 4.02. The number of carbonyl (C=O) groups is 3. The molecule has 1 saturated heterocycles. The van der Waals surface area contributed by atoms with Gasteiger partial charge < -0.3 is 10.0 Å². The number of hydrogen-bond donors (Lipinski definition) is 1. The van der Waals surface area contributed by atoms with E-state index in [2.05, 4.69) is 0 Å². The topological polar surface area (TPSA) is 74.7 Å². The molecule has 0 aromatic carbocycles. The molecular formula is C17H23NO4S. The van der Waals surface area contributed by atoms with Crippen LogP contribution in [0.2, 0.25) is 0 Å². The first-order valence-electron chi connectivity index (χ1n) is 7.92. The molecule has 1 N–H and O–H groups in total. The summed E-state index contributed by atoms with van der Waals surface area (Å²) in [7, 11) is 0. The number of carboxylic acids is 1. The van der Waals surface area contributed by atoms with E-state index in [0.717, 1.165) is 16.2 Å². The highest BCUT2D eigenvalue weighted by atomic mass is 32.1. The van der Waals surface area contributed by atoms with Gasteiger partial charge in [0, 0.05) is 34.7 Å². The number of carbonyl (C=O) groups excluding carboxylic acids is 2. The Bertz CT molecular complexity index is 622. The molecule has 6 heteroatoms. The van der Waals surface area contributed by atoms with Crippen LogP contribution in [-0.2, 0) is 9.59 Å². The van der Waals surface area contributed by atoms with Crippen LogP contribution >= 0.6 is 11.3 Å². The number of Topliss-reactive ketones (excluding diaryl/α,β-unsaturated/α-hetero) is 1. The molecular weight excluding hydrogens is 314 g/mol. The van der Waals surface area contributed by atoms with Crippen molar-refractivity contribution >= 4 is 29.0 Å². The van der Waals surface area contributed by atoms with Gasteiger partial charge in [-0.05, 0) is 38.7 Å². The molecule has 0 aliphatic carbocycles. The minimum Gasteiger partial charge on any atom is -0.480 e. The maximum atomic E-state index is 12.4. The minimum absolute atomic E-state index is 0.0440. The summed E-state index contributed by atoms with van der Waals surface area (Å²) in [6.07, 6.45) is 1.50. The van der Waals surface area contributed by atoms with Crippen molar-refractivity contribution in [3.05, 3.63) is 21.4 Å². The lowest BCUT2D eigenvalue weighted by atomic mass is 9.92. The van der Waals surface area contributed by atoms with Crippen LogP contribution < -0.4 is 0 Å². The van der Waals surface area contributed by atoms with Gasteiger partial charge >= 0.3 is 5.97 Å². The highest BCUT2D eigenvalue weighted by Gasteiger charge is 2.34. The van der Waals surface area contributed by atoms with Gasteiger partial charge in [-0.25, -0.2) is 4.79 Å². The summed E-state index contributed by atoms with van der Waals surface area (Å²) in [5.74, 6) is -0.932. The second kappa shape index (κ2) is 7.25. The molecule has 0 spiro atoms. The molecule has 0 radical (unpaired) electrons. The second-order valence-corrected chi connectivity index (χ2v) is 7.78. The third-order valence-corrected chi connectivity index (χ3v) is 5.34. The molecule has 1 fully saturated rings. The Balaban J connectivity index is 1.97. The number of carboxylic acid groups (broad SMARTS) is 1. The second-order valence-electron chi connectivity index (χ2n) is 6.32. The summed E-state index contributed by atoms with van der Waals surface area (Å²) in [5, 5.41) is 9.31. The largest absolute Gasteiger partial charge is 0.480 e. The molecule has 1 amide bonds. The molecule has 2 atom stereocenters. The maximum absolute atomic E-state index is 12.4. The Morgan fingerprint density at radius 2 is 2.00 bits per heavy atom. The Kier molecular flexibility index (Phi) is 5.57. The van der Waals surface area contributed by atoms with E-state index in [1.54, 1.807) is 11.3 Å². The zero-order valence-electron chi connectivity index (χ0n) is 13.8. The van der Waals surface area contributed by atoms with Crippen molar-refractivity contribution < 1.29 is 19.5 Å². The van der Waals surface area contributed by atoms with E-state index in [1.807, 2.05) is 26.8 Å². The van der Waals surface area contributed by atoms with Crippen LogP contribution in [0.4, 0.5) is 0 Å². The van der Waals surface area contributed by atoms with Gasteiger partial charge in [0.2, 0.25) is 5.91 Å². The van der Waals surface area contributed by atoms with E-state index in [0.29, 0.717) is 24.4 Å². The van der Waals surface area contributed by atoms with Crippen LogP contribution in [-0.4, -0.2) is 40.3 Å². The lowest BCUT2D eigenvalue weighted by Gasteiger charge is -2.36. The number of aliphatic carboxylic acids is 1. The van der Waals surface area contributed by atoms with Crippen molar-refractivity contribution in [2.24, 2.45) is 5.92 Å². The van der Waals surface area contributed by atoms with Crippen molar-refractivity contribution in [1.82, 2.24) is 4.90 Å². The van der Waals surface area contributed by atoms with Crippen LogP contribution in [0.5, 0.6) is 0 Å². The fourth-order valence-electron chi connectivity index (χ4n) is 3.08. The van der Waals surface area contributed by atoms with Gasteiger partial charge in [0.25, 0.3) is 0 Å². The summed E-state index contributed by atoms with van der Waals surface area (Å²) in [6.45, 7) is 6.32. The molecule has 0 saturated carbocycles. The van der Waals surface area contributed by atoms with Gasteiger partial charge in [0.1, 0.15) is 6.04 Å². The average molecular weight is 337 g/mol. The van der Waals surface area contributed by atoms with Crippen molar-refractivity contribution in [1.29, 1.82) is 0 Å². The van der Waals surface area contributed by atoms with Gasteiger partial charge in [0.15, 0.2) is 5.78 Å². The fraction of sp³-hybridized carbons (Fsp3) is 0.588. The van der Waals surface area contributed by atoms with Crippen LogP contribution in [0, 0.1) is 19.8 Å². The average Bonchev–Trinajstić information content (AvgIpc) is 2.83. The number of hydrogen-bond acceptors (Lipinski definition) is 4. The number of aryl methyl sites for hydroxylation is 2. The number of ketones is 1. The summed E-state index contributed by atoms with van der Waals surface area (Å²) < 4.78 is 0. The van der Waals surface area contributed by atoms with Gasteiger partial charge in [-0.3, -0.25) is 9.59 Å². The SMILES string of the molecule is Cc1cc(C(=O)CCC(=O)N2CCC(C)CC2C(=O)O)c(C)s1. The minimum atomic E-state index is -0.958. The number of likely N-dealkylation sites (tertiary alicyclic amines) is 1. The molecule has 1 aliphatic heterocycles. The highest BCUT2D eigenvalue weighted by molar-refractivity contribution is 7.12. The number of amides is 1. The summed E-state index contributed by atoms with van der Waals surface area (Å²) in [4.78, 5) is 39.5. The number of rotatable bonds is 5. The molecule has 2 unspecified atom stereocenters. The first-order valence-corrected chi connectivity index (χ1v) is 8.73. The van der Waals surface area contributed by atoms with E-state index in [1.165, 1.54) is 4.90 Å². The number of thiophene rings is 1. The molecule has 0 bridgehead atoms. The van der Waals surface area contributed by atoms with Crippen molar-refractivity contribution in [2.75, 3.05) is 6.54 Å². The normalized spacial score (nSPS) is 21.3. The molecule has 23 heavy (non-hydrogen) atoms. The van der Waals surface area contributed by atoms with E-state index >= 15 is 0 Å². The Morgan fingerprint density at radius 1 is 1.30 bits per heavy atom. The van der Waals surface area contributed by atoms with E-state index in [4.69, 9.17) is 0 Å². The standard InChI is InChI=1S/C17H23NO4S/c1-10-6-7-18(14(8-10)17(21)22)16(20)5-4-15(19)13-9-11(2)23-12(13)3/h9-10,14H,4-8H2,1-3H3,(H,21,22). The Labute approximate surface area is 140 Å². The predicted molar refractivity (Wildman–Crippen MR) is 88.9 cm³/mol. The number of piperidine rings is 1. The van der Waals surface area contributed by atoms with E-state index < -0.39 is 12.0 Å². The monoisotopic (exact) mass is 337 g/mol. The smallest absolute Gasteiger partial charge is 0.326 e. The molecule has 1 aliphatic rings. The van der Waals surface area contributed by atoms with Gasteiger partial charge in [-0.2, -0.15) is 0 Å². The molecule has 5 nitrogen and oxygen atoms in total. The summed E-state index contributed by atoms with van der Waals surface area (Å²) in [6, 6.07) is 1.10. The maximum Gasteiger partial charge on any atom is 0.326 e. The third kappa shape index (κ3) is 4.19. The van der Waals surface area contributed by atoms with Crippen molar-refractivity contribution in [2.45, 2.75) is 52.5 Å². The molecule has 126 valence electrons. The molecule has 2 rings (SSSR count). The van der Waals surface area contributed by atoms with Crippen molar-refractivity contribution in [3.8, 4) is 0 Å². The summed E-state index contributed by atoms with van der Waals surface area (Å²) in [5.41, 5.74) is 0.683. The molecule has 2 heterocycles. The van der Waals surface area contributed by atoms with Gasteiger partial charge in [-0.1, -0.05) is 6.92 Å². The van der Waals surface area contributed by atoms with Gasteiger partial charge in [0.05, 0.1) is 0 Å². The lowest BCUT2D eigenvalue weighted by Crippen LogP contribution is -2.49. The van der Waals surface area contributed by atoms with Crippen molar-refractivity contribution in [3.63, 3.8) is 0 Å². The third-order valence-electron chi connectivity index (χ3n) is 4.38. The molecule has 1 aromatic rings. The van der Waals surface area contributed by atoms with Crippen LogP contribution in [0.3, 0.4) is 0 Å². The first-order chi connectivity index (χ1) is 10.8. The quantitative estimate of drug-likeness (QED) is 0.838. The molecule has 1 aromatic heterocycles. The van der Waals surface area contributed by atoms with E-state index in [9.17, 15) is 19.5 Å². The van der Waals surface area contributed by atoms with Gasteiger partial charge in [-0.15, -0.1) is 11.3 Å². The summed E-state index contributed by atoms with van der Waals surface area (Å²) >= 11 is 1.57. The van der Waals surface area contributed by atoms with E-state index in [-0.39, 0.29) is 24.5 Å². The Hall–Kier alpha value is -1.69.